The van der Waals surface area contributed by atoms with Gasteiger partial charge in [0.25, 0.3) is 5.91 Å². The van der Waals surface area contributed by atoms with Crippen LogP contribution in [0.15, 0.2) is 66.7 Å². The summed E-state index contributed by atoms with van der Waals surface area (Å²) >= 11 is 0. The van der Waals surface area contributed by atoms with Gasteiger partial charge in [0.15, 0.2) is 0 Å². The normalized spacial score (nSPS) is 11.2. The average Bonchev–Trinajstić information content (AvgIpc) is 2.61. The highest BCUT2D eigenvalue weighted by Gasteiger charge is 2.14. The van der Waals surface area contributed by atoms with E-state index < -0.39 is 21.7 Å². The van der Waals surface area contributed by atoms with Crippen LogP contribution in [0.1, 0.15) is 21.5 Å². The van der Waals surface area contributed by atoms with Crippen molar-refractivity contribution in [2.24, 2.45) is 5.14 Å². The molecule has 0 fully saturated rings. The van der Waals surface area contributed by atoms with Crippen molar-refractivity contribution in [3.8, 4) is 11.1 Å². The van der Waals surface area contributed by atoms with Gasteiger partial charge in [0.2, 0.25) is 10.0 Å². The largest absolute Gasteiger partial charge is 0.322 e. The van der Waals surface area contributed by atoms with Gasteiger partial charge in [0.1, 0.15) is 5.82 Å². The third-order valence-electron chi connectivity index (χ3n) is 4.15. The summed E-state index contributed by atoms with van der Waals surface area (Å²) in [6, 6.07) is 18.3. The molecule has 0 aliphatic heterocycles. The van der Waals surface area contributed by atoms with Crippen molar-refractivity contribution < 1.29 is 17.6 Å². The van der Waals surface area contributed by atoms with Gasteiger partial charge in [-0.2, -0.15) is 0 Å². The summed E-state index contributed by atoms with van der Waals surface area (Å²) in [5.41, 5.74) is 3.30. The number of nitrogens with two attached hydrogens (primary N) is 1. The highest BCUT2D eigenvalue weighted by Crippen LogP contribution is 2.23. The third-order valence-corrected chi connectivity index (χ3v) is 4.89. The summed E-state index contributed by atoms with van der Waals surface area (Å²) in [7, 11) is -3.69. The van der Waals surface area contributed by atoms with E-state index in [1.54, 1.807) is 24.3 Å². The van der Waals surface area contributed by atoms with Crippen molar-refractivity contribution in [2.45, 2.75) is 12.7 Å². The molecule has 0 aromatic heterocycles. The molecule has 5 nitrogen and oxygen atoms in total. The molecule has 0 unspecified atom stereocenters. The number of hydrogen-bond donors (Lipinski definition) is 2. The van der Waals surface area contributed by atoms with E-state index >= 15 is 0 Å². The van der Waals surface area contributed by atoms with Crippen LogP contribution in [0.4, 0.5) is 10.1 Å². The first-order valence-electron chi connectivity index (χ1n) is 8.49. The van der Waals surface area contributed by atoms with Crippen LogP contribution in [0.25, 0.3) is 11.1 Å². The van der Waals surface area contributed by atoms with E-state index in [4.69, 9.17) is 5.14 Å². The van der Waals surface area contributed by atoms with Crippen LogP contribution in [0.5, 0.6) is 0 Å². The quantitative estimate of drug-likeness (QED) is 0.684. The van der Waals surface area contributed by atoms with Gasteiger partial charge in [-0.1, -0.05) is 48.0 Å². The second kappa shape index (κ2) is 7.92. The summed E-state index contributed by atoms with van der Waals surface area (Å²) in [5.74, 6) is -1.62. The Balaban J connectivity index is 1.79. The minimum atomic E-state index is -3.69. The van der Waals surface area contributed by atoms with Gasteiger partial charge < -0.3 is 5.32 Å². The molecule has 3 rings (SSSR count). The number of anilines is 1. The smallest absolute Gasteiger partial charge is 0.258 e. The van der Waals surface area contributed by atoms with Crippen molar-refractivity contribution in [1.82, 2.24) is 0 Å². The maximum atomic E-state index is 14.5. The molecule has 3 aromatic rings. The molecule has 0 aliphatic rings. The van der Waals surface area contributed by atoms with Crippen molar-refractivity contribution in [1.29, 1.82) is 0 Å². The molecule has 1 amide bonds. The molecule has 28 heavy (non-hydrogen) atoms. The highest BCUT2D eigenvalue weighted by molar-refractivity contribution is 7.88. The number of amides is 1. The number of benzene rings is 3. The summed E-state index contributed by atoms with van der Waals surface area (Å²) in [4.78, 5) is 12.4. The lowest BCUT2D eigenvalue weighted by Gasteiger charge is -2.09. The number of carbonyl (C=O) groups is 1. The molecule has 0 aliphatic carbocycles. The molecule has 0 atom stereocenters. The molecule has 3 aromatic carbocycles. The number of rotatable bonds is 5. The highest BCUT2D eigenvalue weighted by atomic mass is 32.2. The Morgan fingerprint density at radius 2 is 1.68 bits per heavy atom. The van der Waals surface area contributed by atoms with Gasteiger partial charge in [-0.15, -0.1) is 0 Å². The maximum absolute atomic E-state index is 14.5. The van der Waals surface area contributed by atoms with Gasteiger partial charge in [0, 0.05) is 5.69 Å². The first-order chi connectivity index (χ1) is 13.2. The first-order valence-corrected chi connectivity index (χ1v) is 10.2. The molecule has 144 valence electrons. The number of nitrogens with one attached hydrogen (secondary N) is 1. The second-order valence-corrected chi connectivity index (χ2v) is 8.14. The maximum Gasteiger partial charge on any atom is 0.258 e. The van der Waals surface area contributed by atoms with E-state index in [1.165, 1.54) is 18.2 Å². The van der Waals surface area contributed by atoms with E-state index in [2.05, 4.69) is 5.32 Å². The van der Waals surface area contributed by atoms with E-state index in [-0.39, 0.29) is 11.3 Å². The van der Waals surface area contributed by atoms with Gasteiger partial charge in [0.05, 0.1) is 11.3 Å². The number of carbonyl (C=O) groups excluding carboxylic acids is 1. The Kier molecular flexibility index (Phi) is 5.58. The fourth-order valence-corrected chi connectivity index (χ4v) is 3.44. The Labute approximate surface area is 163 Å². The fraction of sp³-hybridized carbons (Fsp3) is 0.0952. The van der Waals surface area contributed by atoms with E-state index in [0.717, 1.165) is 11.1 Å². The molecule has 0 spiro atoms. The summed E-state index contributed by atoms with van der Waals surface area (Å²) in [6.07, 6.45) is 0. The van der Waals surface area contributed by atoms with E-state index in [0.29, 0.717) is 16.8 Å². The Hall–Kier alpha value is -3.03. The van der Waals surface area contributed by atoms with Crippen molar-refractivity contribution in [3.05, 3.63) is 89.2 Å². The zero-order valence-electron chi connectivity index (χ0n) is 15.1. The number of aryl methyl sites for hydroxylation is 1. The van der Waals surface area contributed by atoms with E-state index in [1.807, 2.05) is 31.2 Å². The molecule has 3 N–H and O–H groups in total. The van der Waals surface area contributed by atoms with Crippen LogP contribution in [-0.4, -0.2) is 14.3 Å². The lowest BCUT2D eigenvalue weighted by molar-refractivity contribution is 0.102. The lowest BCUT2D eigenvalue weighted by atomic mass is 10.0. The van der Waals surface area contributed by atoms with E-state index in [9.17, 15) is 17.6 Å². The topological polar surface area (TPSA) is 89.3 Å². The van der Waals surface area contributed by atoms with Crippen molar-refractivity contribution in [2.75, 3.05) is 5.32 Å². The zero-order chi connectivity index (χ0) is 20.3. The monoisotopic (exact) mass is 398 g/mol. The predicted molar refractivity (Wildman–Crippen MR) is 108 cm³/mol. The first kappa shape index (κ1) is 19.7. The molecular formula is C21H19FN2O3S. The van der Waals surface area contributed by atoms with Crippen molar-refractivity contribution in [3.63, 3.8) is 0 Å². The van der Waals surface area contributed by atoms with Crippen LogP contribution < -0.4 is 10.5 Å². The standard InChI is InChI=1S/C21H19FN2O3S/c1-14-5-7-16(8-6-14)17-9-10-19(20(22)12-17)21(25)24-18-4-2-3-15(11-18)13-28(23,26)27/h2-12H,13H2,1H3,(H,24,25)(H2,23,26,27). The van der Waals surface area contributed by atoms with Crippen LogP contribution >= 0.6 is 0 Å². The summed E-state index contributed by atoms with van der Waals surface area (Å²) < 4.78 is 36.9. The van der Waals surface area contributed by atoms with Gasteiger partial charge in [-0.3, -0.25) is 4.79 Å². The molecule has 0 bridgehead atoms. The van der Waals surface area contributed by atoms with Gasteiger partial charge >= 0.3 is 0 Å². The van der Waals surface area contributed by atoms with Crippen LogP contribution in [0.2, 0.25) is 0 Å². The molecule has 0 saturated heterocycles. The minimum Gasteiger partial charge on any atom is -0.322 e. The predicted octanol–water partition coefficient (Wildman–Crippen LogP) is 3.84. The summed E-state index contributed by atoms with van der Waals surface area (Å²) in [6.45, 7) is 1.97. The van der Waals surface area contributed by atoms with Crippen molar-refractivity contribution >= 4 is 21.6 Å². The average molecular weight is 398 g/mol. The molecule has 7 heteroatoms. The minimum absolute atomic E-state index is 0.104. The number of hydrogen-bond acceptors (Lipinski definition) is 3. The number of sulfonamides is 1. The Bertz CT molecular complexity index is 1130. The van der Waals surface area contributed by atoms with Crippen LogP contribution in [0, 0.1) is 12.7 Å². The molecule has 0 saturated carbocycles. The Morgan fingerprint density at radius 3 is 2.32 bits per heavy atom. The Morgan fingerprint density at radius 1 is 1.00 bits per heavy atom. The van der Waals surface area contributed by atoms with Gasteiger partial charge in [-0.05, 0) is 47.9 Å². The molecule has 0 radical (unpaired) electrons. The SMILES string of the molecule is Cc1ccc(-c2ccc(C(=O)Nc3cccc(CS(N)(=O)=O)c3)c(F)c2)cc1. The second-order valence-electron chi connectivity index (χ2n) is 6.52. The molecule has 0 heterocycles. The summed E-state index contributed by atoms with van der Waals surface area (Å²) in [5, 5.41) is 7.61. The van der Waals surface area contributed by atoms with Crippen LogP contribution in [0.3, 0.4) is 0 Å². The lowest BCUT2D eigenvalue weighted by Crippen LogP contribution is -2.16. The van der Waals surface area contributed by atoms with Crippen LogP contribution in [-0.2, 0) is 15.8 Å². The van der Waals surface area contributed by atoms with Gasteiger partial charge in [-0.25, -0.2) is 17.9 Å². The zero-order valence-corrected chi connectivity index (χ0v) is 16.0. The number of primary sulfonamides is 1. The fourth-order valence-electron chi connectivity index (χ4n) is 2.79. The molecular weight excluding hydrogens is 379 g/mol. The number of halogens is 1. The third kappa shape index (κ3) is 5.03.